The van der Waals surface area contributed by atoms with Crippen LogP contribution in [0.4, 0.5) is 0 Å². The molecule has 0 saturated carbocycles. The van der Waals surface area contributed by atoms with Crippen LogP contribution in [0.2, 0.25) is 0 Å². The maximum Gasteiger partial charge on any atom is 0.272 e. The zero-order valence-corrected chi connectivity index (χ0v) is 10.6. The Bertz CT molecular complexity index is 442. The third-order valence-corrected chi connectivity index (χ3v) is 3.40. The van der Waals surface area contributed by atoms with Crippen LogP contribution in [0.25, 0.3) is 0 Å². The van der Waals surface area contributed by atoms with Gasteiger partial charge in [0.15, 0.2) is 0 Å². The van der Waals surface area contributed by atoms with Gasteiger partial charge in [0.1, 0.15) is 5.69 Å². The third kappa shape index (κ3) is 2.31. The SMILES string of the molecule is Cn1cncc1C(=O)N1CCCCC1C(N)=S. The molecule has 5 nitrogen and oxygen atoms in total. The second-order valence-corrected chi connectivity index (χ2v) is 4.77. The van der Waals surface area contributed by atoms with Gasteiger partial charge in [-0.15, -0.1) is 0 Å². The summed E-state index contributed by atoms with van der Waals surface area (Å²) in [7, 11) is 1.81. The van der Waals surface area contributed by atoms with Gasteiger partial charge in [-0.05, 0) is 19.3 Å². The van der Waals surface area contributed by atoms with E-state index in [-0.39, 0.29) is 11.9 Å². The van der Waals surface area contributed by atoms with Crippen LogP contribution in [-0.2, 0) is 7.05 Å². The normalized spacial score (nSPS) is 20.3. The number of piperidine rings is 1. The number of nitrogens with zero attached hydrogens (tertiary/aromatic N) is 3. The van der Waals surface area contributed by atoms with Crippen molar-refractivity contribution in [1.29, 1.82) is 0 Å². The molecular formula is C11H16N4OS. The van der Waals surface area contributed by atoms with Crippen molar-refractivity contribution in [2.45, 2.75) is 25.3 Å². The van der Waals surface area contributed by atoms with E-state index in [0.717, 1.165) is 19.3 Å². The molecular weight excluding hydrogens is 236 g/mol. The van der Waals surface area contributed by atoms with E-state index in [1.807, 2.05) is 0 Å². The van der Waals surface area contributed by atoms with E-state index < -0.39 is 0 Å². The summed E-state index contributed by atoms with van der Waals surface area (Å²) in [4.78, 5) is 18.5. The van der Waals surface area contributed by atoms with Gasteiger partial charge < -0.3 is 15.2 Å². The van der Waals surface area contributed by atoms with Gasteiger partial charge in [0.2, 0.25) is 0 Å². The van der Waals surface area contributed by atoms with Crippen LogP contribution in [0, 0.1) is 0 Å². The van der Waals surface area contributed by atoms with Crippen molar-refractivity contribution in [1.82, 2.24) is 14.5 Å². The van der Waals surface area contributed by atoms with Crippen LogP contribution in [0.3, 0.4) is 0 Å². The van der Waals surface area contributed by atoms with E-state index in [1.54, 1.807) is 29.0 Å². The van der Waals surface area contributed by atoms with Gasteiger partial charge >= 0.3 is 0 Å². The number of aryl methyl sites for hydroxylation is 1. The quantitative estimate of drug-likeness (QED) is 0.787. The van der Waals surface area contributed by atoms with Crippen LogP contribution < -0.4 is 5.73 Å². The number of rotatable bonds is 2. The predicted molar refractivity (Wildman–Crippen MR) is 68.7 cm³/mol. The van der Waals surface area contributed by atoms with Crippen molar-refractivity contribution < 1.29 is 4.79 Å². The lowest BCUT2D eigenvalue weighted by atomic mass is 10.0. The minimum Gasteiger partial charge on any atom is -0.392 e. The minimum atomic E-state index is -0.110. The van der Waals surface area contributed by atoms with E-state index in [0.29, 0.717) is 17.2 Å². The molecule has 0 spiro atoms. The molecule has 1 aliphatic rings. The van der Waals surface area contributed by atoms with Gasteiger partial charge in [-0.1, -0.05) is 12.2 Å². The Labute approximate surface area is 106 Å². The number of likely N-dealkylation sites (tertiary alicyclic amines) is 1. The molecule has 1 aromatic heterocycles. The molecule has 1 aromatic rings. The molecule has 17 heavy (non-hydrogen) atoms. The summed E-state index contributed by atoms with van der Waals surface area (Å²) >= 11 is 5.04. The van der Waals surface area contributed by atoms with Crippen molar-refractivity contribution in [3.8, 4) is 0 Å². The Hall–Kier alpha value is -1.43. The van der Waals surface area contributed by atoms with E-state index in [9.17, 15) is 4.79 Å². The molecule has 92 valence electrons. The maximum absolute atomic E-state index is 12.3. The molecule has 1 saturated heterocycles. The maximum atomic E-state index is 12.3. The van der Waals surface area contributed by atoms with Crippen LogP contribution in [0.1, 0.15) is 29.8 Å². The molecule has 1 unspecified atom stereocenters. The van der Waals surface area contributed by atoms with Gasteiger partial charge in [0, 0.05) is 13.6 Å². The number of imidazole rings is 1. The molecule has 1 amide bonds. The van der Waals surface area contributed by atoms with Gasteiger partial charge in [-0.25, -0.2) is 4.98 Å². The molecule has 0 aromatic carbocycles. The molecule has 1 atom stereocenters. The first-order chi connectivity index (χ1) is 8.11. The van der Waals surface area contributed by atoms with Gasteiger partial charge in [0.25, 0.3) is 5.91 Å². The van der Waals surface area contributed by atoms with E-state index in [4.69, 9.17) is 18.0 Å². The molecule has 0 radical (unpaired) electrons. The fourth-order valence-corrected chi connectivity index (χ4v) is 2.43. The first-order valence-corrected chi connectivity index (χ1v) is 6.08. The third-order valence-electron chi connectivity index (χ3n) is 3.13. The zero-order chi connectivity index (χ0) is 12.4. The topological polar surface area (TPSA) is 64.2 Å². The highest BCUT2D eigenvalue weighted by molar-refractivity contribution is 7.80. The monoisotopic (exact) mass is 252 g/mol. The fraction of sp³-hybridized carbons (Fsp3) is 0.545. The highest BCUT2D eigenvalue weighted by Crippen LogP contribution is 2.19. The Kier molecular flexibility index (Phi) is 3.42. The lowest BCUT2D eigenvalue weighted by Crippen LogP contribution is -2.50. The Morgan fingerprint density at radius 2 is 2.35 bits per heavy atom. The summed E-state index contributed by atoms with van der Waals surface area (Å²) in [5, 5.41) is 0. The summed E-state index contributed by atoms with van der Waals surface area (Å²) in [6.45, 7) is 0.714. The average molecular weight is 252 g/mol. The Morgan fingerprint density at radius 1 is 1.59 bits per heavy atom. The van der Waals surface area contributed by atoms with E-state index >= 15 is 0 Å². The van der Waals surface area contributed by atoms with Crippen LogP contribution in [0.5, 0.6) is 0 Å². The summed E-state index contributed by atoms with van der Waals surface area (Å²) in [5.41, 5.74) is 6.28. The van der Waals surface area contributed by atoms with Gasteiger partial charge in [-0.2, -0.15) is 0 Å². The highest BCUT2D eigenvalue weighted by Gasteiger charge is 2.30. The Morgan fingerprint density at radius 3 is 2.94 bits per heavy atom. The first kappa shape index (κ1) is 12.0. The summed E-state index contributed by atoms with van der Waals surface area (Å²) in [5.74, 6) is -0.0394. The second-order valence-electron chi connectivity index (χ2n) is 4.30. The molecule has 2 rings (SSSR count). The number of carbonyl (C=O) groups is 1. The number of amides is 1. The number of aromatic nitrogens is 2. The lowest BCUT2D eigenvalue weighted by molar-refractivity contribution is 0.0671. The van der Waals surface area contributed by atoms with Crippen molar-refractivity contribution in [2.24, 2.45) is 12.8 Å². The summed E-state index contributed by atoms with van der Waals surface area (Å²) in [6.07, 6.45) is 6.12. The molecule has 2 N–H and O–H groups in total. The molecule has 1 fully saturated rings. The van der Waals surface area contributed by atoms with Crippen molar-refractivity contribution in [3.05, 3.63) is 18.2 Å². The largest absolute Gasteiger partial charge is 0.392 e. The highest BCUT2D eigenvalue weighted by atomic mass is 32.1. The number of hydrogen-bond donors (Lipinski definition) is 1. The number of nitrogens with two attached hydrogens (primary N) is 1. The average Bonchev–Trinajstić information content (AvgIpc) is 2.74. The van der Waals surface area contributed by atoms with Gasteiger partial charge in [-0.3, -0.25) is 4.79 Å². The smallest absolute Gasteiger partial charge is 0.272 e. The van der Waals surface area contributed by atoms with E-state index in [1.165, 1.54) is 0 Å². The van der Waals surface area contributed by atoms with Crippen molar-refractivity contribution in [3.63, 3.8) is 0 Å². The molecule has 0 aliphatic carbocycles. The number of hydrogen-bond acceptors (Lipinski definition) is 3. The van der Waals surface area contributed by atoms with Gasteiger partial charge in [0.05, 0.1) is 23.6 Å². The number of thiocarbonyl (C=S) groups is 1. The summed E-state index contributed by atoms with van der Waals surface area (Å²) in [6, 6.07) is -0.110. The van der Waals surface area contributed by atoms with Crippen molar-refractivity contribution >= 4 is 23.1 Å². The van der Waals surface area contributed by atoms with Crippen LogP contribution >= 0.6 is 12.2 Å². The molecule has 0 bridgehead atoms. The van der Waals surface area contributed by atoms with Crippen molar-refractivity contribution in [2.75, 3.05) is 6.54 Å². The molecule has 6 heteroatoms. The van der Waals surface area contributed by atoms with E-state index in [2.05, 4.69) is 4.98 Å². The standard InChI is InChI=1S/C11H16N4OS/c1-14-7-13-6-9(14)11(16)15-5-3-2-4-8(15)10(12)17/h6-8H,2-5H2,1H3,(H2,12,17). The predicted octanol–water partition coefficient (Wildman–Crippen LogP) is 0.701. The Balaban J connectivity index is 2.23. The summed E-state index contributed by atoms with van der Waals surface area (Å²) < 4.78 is 1.72. The second kappa shape index (κ2) is 4.83. The first-order valence-electron chi connectivity index (χ1n) is 5.68. The number of carbonyl (C=O) groups excluding carboxylic acids is 1. The van der Waals surface area contributed by atoms with Crippen LogP contribution in [0.15, 0.2) is 12.5 Å². The molecule has 1 aliphatic heterocycles. The van der Waals surface area contributed by atoms with Crippen LogP contribution in [-0.4, -0.2) is 37.9 Å². The minimum absolute atomic E-state index is 0.0394. The molecule has 2 heterocycles. The zero-order valence-electron chi connectivity index (χ0n) is 9.80. The fourth-order valence-electron chi connectivity index (χ4n) is 2.18. The lowest BCUT2D eigenvalue weighted by Gasteiger charge is -2.34.